The van der Waals surface area contributed by atoms with Gasteiger partial charge in [0.05, 0.1) is 5.69 Å². The van der Waals surface area contributed by atoms with Crippen molar-refractivity contribution in [2.24, 2.45) is 0 Å². The van der Waals surface area contributed by atoms with Crippen molar-refractivity contribution in [3.8, 4) is 5.75 Å². The van der Waals surface area contributed by atoms with Crippen LogP contribution in [0.15, 0.2) is 0 Å². The minimum atomic E-state index is 0.129. The lowest BCUT2D eigenvalue weighted by molar-refractivity contribution is 0.0363. The van der Waals surface area contributed by atoms with Crippen LogP contribution in [0.3, 0.4) is 0 Å². The van der Waals surface area contributed by atoms with E-state index in [0.29, 0.717) is 18.4 Å². The zero-order chi connectivity index (χ0) is 15.0. The maximum atomic E-state index is 6.05. The zero-order valence-corrected chi connectivity index (χ0v) is 13.4. The molecule has 0 radical (unpaired) electrons. The van der Waals surface area contributed by atoms with Crippen LogP contribution in [0.4, 0.5) is 5.82 Å². The van der Waals surface area contributed by atoms with Crippen molar-refractivity contribution < 1.29 is 9.47 Å². The number of anilines is 1. The van der Waals surface area contributed by atoms with Crippen LogP contribution in [0.1, 0.15) is 57.5 Å². The van der Waals surface area contributed by atoms with Gasteiger partial charge in [-0.15, -0.1) is 0 Å². The topological polar surface area (TPSA) is 47.5 Å². The second-order valence-corrected chi connectivity index (χ2v) is 6.53. The van der Waals surface area contributed by atoms with Gasteiger partial charge in [0.2, 0.25) is 0 Å². The van der Waals surface area contributed by atoms with Gasteiger partial charge in [-0.1, -0.05) is 27.7 Å². The van der Waals surface area contributed by atoms with E-state index in [0.717, 1.165) is 49.2 Å². The fraction of sp³-hybridized carbons (Fsp3) is 0.750. The molecular weight excluding hydrogens is 266 g/mol. The molecule has 1 fully saturated rings. The van der Waals surface area contributed by atoms with Crippen LogP contribution in [0.25, 0.3) is 0 Å². The summed E-state index contributed by atoms with van der Waals surface area (Å²) in [5, 5.41) is 0. The van der Waals surface area contributed by atoms with E-state index in [1.165, 1.54) is 0 Å². The van der Waals surface area contributed by atoms with Gasteiger partial charge in [0, 0.05) is 25.6 Å². The second kappa shape index (κ2) is 5.79. The molecule has 0 saturated carbocycles. The summed E-state index contributed by atoms with van der Waals surface area (Å²) in [5.41, 5.74) is 1.02. The first kappa shape index (κ1) is 14.6. The van der Waals surface area contributed by atoms with Crippen LogP contribution >= 0.6 is 0 Å². The maximum Gasteiger partial charge on any atom is 0.183 e. The Morgan fingerprint density at radius 3 is 2.67 bits per heavy atom. The summed E-state index contributed by atoms with van der Waals surface area (Å²) in [5.74, 6) is 3.37. The third-order valence-corrected chi connectivity index (χ3v) is 4.02. The summed E-state index contributed by atoms with van der Waals surface area (Å²) < 4.78 is 11.9. The number of nitrogens with zero attached hydrogens (tertiary/aromatic N) is 3. The molecule has 1 aromatic rings. The van der Waals surface area contributed by atoms with Crippen LogP contribution < -0.4 is 9.64 Å². The van der Waals surface area contributed by atoms with Gasteiger partial charge in [-0.25, -0.2) is 9.97 Å². The first-order valence-corrected chi connectivity index (χ1v) is 7.97. The molecule has 2 bridgehead atoms. The molecule has 1 atom stereocenters. The summed E-state index contributed by atoms with van der Waals surface area (Å²) in [4.78, 5) is 11.9. The Labute approximate surface area is 126 Å². The predicted molar refractivity (Wildman–Crippen MR) is 82.3 cm³/mol. The molecule has 3 heterocycles. The van der Waals surface area contributed by atoms with Gasteiger partial charge >= 0.3 is 0 Å². The Bertz CT molecular complexity index is 516. The number of hydrogen-bond donors (Lipinski definition) is 0. The molecule has 3 rings (SSSR count). The molecule has 1 saturated heterocycles. The number of ether oxygens (including phenoxy) is 2. The molecule has 2 aliphatic rings. The van der Waals surface area contributed by atoms with E-state index >= 15 is 0 Å². The molecule has 5 heteroatoms. The van der Waals surface area contributed by atoms with E-state index in [4.69, 9.17) is 19.4 Å². The average Bonchev–Trinajstić information content (AvgIpc) is 2.78. The van der Waals surface area contributed by atoms with Gasteiger partial charge in [-0.2, -0.15) is 0 Å². The third kappa shape index (κ3) is 2.84. The van der Waals surface area contributed by atoms with E-state index in [1.807, 2.05) is 0 Å². The number of aromatic nitrogens is 2. The molecule has 0 spiro atoms. The molecule has 1 aromatic heterocycles. The van der Waals surface area contributed by atoms with Crippen molar-refractivity contribution in [3.63, 3.8) is 0 Å². The van der Waals surface area contributed by atoms with Crippen molar-refractivity contribution in [2.75, 3.05) is 31.2 Å². The fourth-order valence-corrected chi connectivity index (χ4v) is 2.84. The smallest absolute Gasteiger partial charge is 0.183 e. The summed E-state index contributed by atoms with van der Waals surface area (Å²) in [6, 6.07) is 0. The average molecular weight is 291 g/mol. The van der Waals surface area contributed by atoms with Crippen molar-refractivity contribution in [3.05, 3.63) is 11.5 Å². The predicted octanol–water partition coefficient (Wildman–Crippen LogP) is 2.71. The van der Waals surface area contributed by atoms with E-state index in [-0.39, 0.29) is 6.10 Å². The molecule has 0 amide bonds. The van der Waals surface area contributed by atoms with E-state index < -0.39 is 0 Å². The van der Waals surface area contributed by atoms with Crippen molar-refractivity contribution in [1.29, 1.82) is 0 Å². The van der Waals surface area contributed by atoms with Gasteiger partial charge < -0.3 is 14.4 Å². The quantitative estimate of drug-likeness (QED) is 0.838. The highest BCUT2D eigenvalue weighted by Crippen LogP contribution is 2.37. The standard InChI is InChI=1S/C16H25N3O2/c1-10(2)13-14-16(18-15(17-13)11(3)4)19-6-5-7-20-12(8-19)9-21-14/h10-12H,5-9H2,1-4H3. The summed E-state index contributed by atoms with van der Waals surface area (Å²) in [7, 11) is 0. The monoisotopic (exact) mass is 291 g/mol. The van der Waals surface area contributed by atoms with Gasteiger partial charge in [-0.05, 0) is 12.3 Å². The Balaban J connectivity index is 2.10. The first-order chi connectivity index (χ1) is 10.1. The van der Waals surface area contributed by atoms with Crippen LogP contribution in [-0.4, -0.2) is 42.4 Å². The second-order valence-electron chi connectivity index (χ2n) is 6.53. The molecule has 5 nitrogen and oxygen atoms in total. The molecular formula is C16H25N3O2. The lowest BCUT2D eigenvalue weighted by Crippen LogP contribution is -2.33. The Hall–Kier alpha value is -1.36. The highest BCUT2D eigenvalue weighted by atomic mass is 16.5. The molecule has 116 valence electrons. The summed E-state index contributed by atoms with van der Waals surface area (Å²) in [6.07, 6.45) is 1.16. The van der Waals surface area contributed by atoms with E-state index in [1.54, 1.807) is 0 Å². The van der Waals surface area contributed by atoms with Gasteiger partial charge in [-0.3, -0.25) is 0 Å². The summed E-state index contributed by atoms with van der Waals surface area (Å²) >= 11 is 0. The molecule has 0 N–H and O–H groups in total. The Morgan fingerprint density at radius 1 is 1.14 bits per heavy atom. The van der Waals surface area contributed by atoms with Crippen LogP contribution in [-0.2, 0) is 4.74 Å². The number of fused-ring (bicyclic) bond motifs is 4. The minimum absolute atomic E-state index is 0.129. The summed E-state index contributed by atoms with van der Waals surface area (Å²) in [6.45, 7) is 11.8. The van der Waals surface area contributed by atoms with Crippen molar-refractivity contribution in [2.45, 2.75) is 52.1 Å². The normalized spacial score (nSPS) is 21.8. The largest absolute Gasteiger partial charge is 0.485 e. The lowest BCUT2D eigenvalue weighted by atomic mass is 10.1. The molecule has 2 aliphatic heterocycles. The van der Waals surface area contributed by atoms with Crippen LogP contribution in [0.5, 0.6) is 5.75 Å². The lowest BCUT2D eigenvalue weighted by Gasteiger charge is -2.24. The van der Waals surface area contributed by atoms with Crippen molar-refractivity contribution in [1.82, 2.24) is 9.97 Å². The van der Waals surface area contributed by atoms with Gasteiger partial charge in [0.25, 0.3) is 0 Å². The zero-order valence-electron chi connectivity index (χ0n) is 13.4. The Kier molecular flexibility index (Phi) is 4.02. The molecule has 0 aliphatic carbocycles. The van der Waals surface area contributed by atoms with E-state index in [9.17, 15) is 0 Å². The van der Waals surface area contributed by atoms with Crippen LogP contribution in [0.2, 0.25) is 0 Å². The SMILES string of the molecule is CC(C)c1nc(C(C)C)c2c(n1)N1CCCOC(CO2)C1. The minimum Gasteiger partial charge on any atom is -0.485 e. The van der Waals surface area contributed by atoms with Crippen molar-refractivity contribution >= 4 is 5.82 Å². The molecule has 21 heavy (non-hydrogen) atoms. The molecule has 1 unspecified atom stereocenters. The number of hydrogen-bond acceptors (Lipinski definition) is 5. The Morgan fingerprint density at radius 2 is 1.95 bits per heavy atom. The van der Waals surface area contributed by atoms with Gasteiger partial charge in [0.1, 0.15) is 18.5 Å². The van der Waals surface area contributed by atoms with Crippen LogP contribution in [0, 0.1) is 0 Å². The highest BCUT2D eigenvalue weighted by molar-refractivity contribution is 5.57. The van der Waals surface area contributed by atoms with E-state index in [2.05, 4.69) is 32.6 Å². The highest BCUT2D eigenvalue weighted by Gasteiger charge is 2.30. The fourth-order valence-electron chi connectivity index (χ4n) is 2.84. The third-order valence-electron chi connectivity index (χ3n) is 4.02. The van der Waals surface area contributed by atoms with Gasteiger partial charge in [0.15, 0.2) is 11.6 Å². The maximum absolute atomic E-state index is 6.05. The molecule has 0 aromatic carbocycles. The first-order valence-electron chi connectivity index (χ1n) is 7.97. The number of rotatable bonds is 2.